The molecule has 0 fully saturated rings. The van der Waals surface area contributed by atoms with Gasteiger partial charge in [0.2, 0.25) is 5.91 Å². The summed E-state index contributed by atoms with van der Waals surface area (Å²) in [5.41, 5.74) is 2.10. The topological polar surface area (TPSA) is 49.3 Å². The Morgan fingerprint density at radius 3 is 2.41 bits per heavy atom. The van der Waals surface area contributed by atoms with Gasteiger partial charge in [-0.15, -0.1) is 0 Å². The van der Waals surface area contributed by atoms with Crippen LogP contribution < -0.4 is 5.32 Å². The standard InChI is InChI=1S/C14H21NO2/c1-6-14(4,5)13(17)15-11-7-8-12(16)10(3)9(11)2/h7-8,16H,6H2,1-5H3,(H,15,17). The summed E-state index contributed by atoms with van der Waals surface area (Å²) in [7, 11) is 0. The first-order valence-electron chi connectivity index (χ1n) is 5.90. The van der Waals surface area contributed by atoms with Crippen molar-refractivity contribution in [2.45, 2.75) is 41.0 Å². The Balaban J connectivity index is 2.98. The van der Waals surface area contributed by atoms with Crippen LogP contribution in [0.4, 0.5) is 5.69 Å². The molecule has 3 heteroatoms. The fourth-order valence-corrected chi connectivity index (χ4v) is 1.39. The summed E-state index contributed by atoms with van der Waals surface area (Å²) >= 11 is 0. The number of benzene rings is 1. The van der Waals surface area contributed by atoms with Gasteiger partial charge in [-0.25, -0.2) is 0 Å². The van der Waals surface area contributed by atoms with Crippen molar-refractivity contribution in [1.82, 2.24) is 0 Å². The number of nitrogens with one attached hydrogen (secondary N) is 1. The third-order valence-electron chi connectivity index (χ3n) is 3.51. The smallest absolute Gasteiger partial charge is 0.230 e. The number of phenolic OH excluding ortho intramolecular Hbond substituents is 1. The van der Waals surface area contributed by atoms with Crippen molar-refractivity contribution < 1.29 is 9.90 Å². The number of carbonyl (C=O) groups is 1. The molecule has 0 aliphatic heterocycles. The molecule has 0 heterocycles. The van der Waals surface area contributed by atoms with Gasteiger partial charge >= 0.3 is 0 Å². The van der Waals surface area contributed by atoms with Gasteiger partial charge in [-0.05, 0) is 43.5 Å². The highest BCUT2D eigenvalue weighted by atomic mass is 16.3. The molecule has 1 rings (SSSR count). The Kier molecular flexibility index (Phi) is 3.81. The molecule has 2 N–H and O–H groups in total. The average Bonchev–Trinajstić information content (AvgIpc) is 2.29. The van der Waals surface area contributed by atoms with Crippen molar-refractivity contribution in [1.29, 1.82) is 0 Å². The van der Waals surface area contributed by atoms with E-state index >= 15 is 0 Å². The molecule has 0 atom stereocenters. The van der Waals surface area contributed by atoms with E-state index in [1.54, 1.807) is 12.1 Å². The third kappa shape index (κ3) is 2.78. The SMILES string of the molecule is CCC(C)(C)C(=O)Nc1ccc(O)c(C)c1C. The minimum Gasteiger partial charge on any atom is -0.508 e. The van der Waals surface area contributed by atoms with Gasteiger partial charge in [-0.1, -0.05) is 20.8 Å². The number of hydrogen-bond donors (Lipinski definition) is 2. The van der Waals surface area contributed by atoms with Crippen LogP contribution in [-0.2, 0) is 4.79 Å². The van der Waals surface area contributed by atoms with Crippen LogP contribution in [0, 0.1) is 19.3 Å². The lowest BCUT2D eigenvalue weighted by Crippen LogP contribution is -2.30. The van der Waals surface area contributed by atoms with E-state index in [0.717, 1.165) is 23.2 Å². The summed E-state index contributed by atoms with van der Waals surface area (Å²) in [6.45, 7) is 9.57. The van der Waals surface area contributed by atoms with Crippen LogP contribution in [0.5, 0.6) is 5.75 Å². The predicted octanol–water partition coefficient (Wildman–Crippen LogP) is 3.38. The van der Waals surface area contributed by atoms with Crippen LogP contribution >= 0.6 is 0 Å². The summed E-state index contributed by atoms with van der Waals surface area (Å²) in [5, 5.41) is 12.5. The lowest BCUT2D eigenvalue weighted by Gasteiger charge is -2.22. The van der Waals surface area contributed by atoms with E-state index in [9.17, 15) is 9.90 Å². The molecule has 94 valence electrons. The molecule has 0 aromatic heterocycles. The van der Waals surface area contributed by atoms with Crippen LogP contribution in [0.1, 0.15) is 38.3 Å². The number of aromatic hydroxyl groups is 1. The normalized spacial score (nSPS) is 11.4. The van der Waals surface area contributed by atoms with E-state index < -0.39 is 0 Å². The van der Waals surface area contributed by atoms with E-state index in [2.05, 4.69) is 5.32 Å². The summed E-state index contributed by atoms with van der Waals surface area (Å²) in [4.78, 5) is 12.0. The highest BCUT2D eigenvalue weighted by molar-refractivity contribution is 5.95. The van der Waals surface area contributed by atoms with Crippen molar-refractivity contribution in [3.8, 4) is 5.75 Å². The molecule has 0 aliphatic carbocycles. The number of hydrogen-bond acceptors (Lipinski definition) is 2. The van der Waals surface area contributed by atoms with E-state index in [1.807, 2.05) is 34.6 Å². The van der Waals surface area contributed by atoms with Gasteiger partial charge in [0.25, 0.3) is 0 Å². The summed E-state index contributed by atoms with van der Waals surface area (Å²) < 4.78 is 0. The van der Waals surface area contributed by atoms with Crippen LogP contribution in [0.2, 0.25) is 0 Å². The maximum atomic E-state index is 12.0. The van der Waals surface area contributed by atoms with Crippen molar-refractivity contribution >= 4 is 11.6 Å². The molecular weight excluding hydrogens is 214 g/mol. The lowest BCUT2D eigenvalue weighted by atomic mass is 9.89. The molecule has 0 aliphatic rings. The Morgan fingerprint density at radius 1 is 1.29 bits per heavy atom. The Bertz CT molecular complexity index is 436. The molecular formula is C14H21NO2. The van der Waals surface area contributed by atoms with Crippen LogP contribution in [0.25, 0.3) is 0 Å². The first-order valence-corrected chi connectivity index (χ1v) is 5.90. The van der Waals surface area contributed by atoms with Gasteiger partial charge in [-0.2, -0.15) is 0 Å². The lowest BCUT2D eigenvalue weighted by molar-refractivity contribution is -0.124. The first-order chi connectivity index (χ1) is 7.79. The molecule has 0 saturated heterocycles. The quantitative estimate of drug-likeness (QED) is 0.789. The molecule has 1 amide bonds. The van der Waals surface area contributed by atoms with Gasteiger partial charge in [-0.3, -0.25) is 4.79 Å². The van der Waals surface area contributed by atoms with Crippen LogP contribution in [0.3, 0.4) is 0 Å². The second-order valence-corrected chi connectivity index (χ2v) is 5.07. The largest absolute Gasteiger partial charge is 0.508 e. The number of phenols is 1. The Morgan fingerprint density at radius 2 is 1.88 bits per heavy atom. The van der Waals surface area contributed by atoms with Crippen molar-refractivity contribution in [3.63, 3.8) is 0 Å². The fourth-order valence-electron chi connectivity index (χ4n) is 1.39. The number of anilines is 1. The minimum atomic E-state index is -0.377. The molecule has 0 saturated carbocycles. The number of rotatable bonds is 3. The monoisotopic (exact) mass is 235 g/mol. The second kappa shape index (κ2) is 4.78. The first kappa shape index (κ1) is 13.6. The van der Waals surface area contributed by atoms with Gasteiger partial charge in [0.05, 0.1) is 0 Å². The Hall–Kier alpha value is -1.51. The zero-order chi connectivity index (χ0) is 13.2. The molecule has 0 spiro atoms. The molecule has 1 aromatic carbocycles. The maximum absolute atomic E-state index is 12.0. The maximum Gasteiger partial charge on any atom is 0.230 e. The van der Waals surface area contributed by atoms with Crippen LogP contribution in [0.15, 0.2) is 12.1 Å². The predicted molar refractivity (Wildman–Crippen MR) is 70.3 cm³/mol. The molecule has 0 unspecified atom stereocenters. The average molecular weight is 235 g/mol. The van der Waals surface area contributed by atoms with E-state index in [-0.39, 0.29) is 17.1 Å². The molecule has 1 aromatic rings. The van der Waals surface area contributed by atoms with E-state index in [0.29, 0.717) is 0 Å². The highest BCUT2D eigenvalue weighted by Crippen LogP contribution is 2.28. The zero-order valence-corrected chi connectivity index (χ0v) is 11.2. The Labute approximate surface area is 103 Å². The summed E-state index contributed by atoms with van der Waals surface area (Å²) in [5.74, 6) is 0.267. The summed E-state index contributed by atoms with van der Waals surface area (Å²) in [6.07, 6.45) is 0.787. The van der Waals surface area contributed by atoms with Gasteiger partial charge < -0.3 is 10.4 Å². The highest BCUT2D eigenvalue weighted by Gasteiger charge is 2.25. The third-order valence-corrected chi connectivity index (χ3v) is 3.51. The zero-order valence-electron chi connectivity index (χ0n) is 11.2. The molecule has 0 bridgehead atoms. The van der Waals surface area contributed by atoms with E-state index in [4.69, 9.17) is 0 Å². The number of amides is 1. The van der Waals surface area contributed by atoms with Crippen molar-refractivity contribution in [2.75, 3.05) is 5.32 Å². The fraction of sp³-hybridized carbons (Fsp3) is 0.500. The summed E-state index contributed by atoms with van der Waals surface area (Å²) in [6, 6.07) is 3.35. The van der Waals surface area contributed by atoms with Gasteiger partial charge in [0.15, 0.2) is 0 Å². The molecule has 0 radical (unpaired) electrons. The van der Waals surface area contributed by atoms with Crippen molar-refractivity contribution in [3.05, 3.63) is 23.3 Å². The number of carbonyl (C=O) groups excluding carboxylic acids is 1. The van der Waals surface area contributed by atoms with E-state index in [1.165, 1.54) is 0 Å². The van der Waals surface area contributed by atoms with Crippen molar-refractivity contribution in [2.24, 2.45) is 5.41 Å². The van der Waals surface area contributed by atoms with Gasteiger partial charge in [0, 0.05) is 11.1 Å². The molecule has 17 heavy (non-hydrogen) atoms. The van der Waals surface area contributed by atoms with Gasteiger partial charge in [0.1, 0.15) is 5.75 Å². The molecule has 3 nitrogen and oxygen atoms in total. The minimum absolute atomic E-state index is 0.00758. The second-order valence-electron chi connectivity index (χ2n) is 5.07. The van der Waals surface area contributed by atoms with Crippen LogP contribution in [-0.4, -0.2) is 11.0 Å².